The van der Waals surface area contributed by atoms with Gasteiger partial charge in [0.15, 0.2) is 0 Å². The third-order valence-corrected chi connectivity index (χ3v) is 4.65. The Morgan fingerprint density at radius 2 is 1.85 bits per heavy atom. The minimum Gasteiger partial charge on any atom is -0.352 e. The summed E-state index contributed by atoms with van der Waals surface area (Å²) in [7, 11) is 1.81. The predicted octanol–water partition coefficient (Wildman–Crippen LogP) is 1.33. The fourth-order valence-corrected chi connectivity index (χ4v) is 3.10. The van der Waals surface area contributed by atoms with Crippen LogP contribution in [-0.4, -0.2) is 67.9 Å². The summed E-state index contributed by atoms with van der Waals surface area (Å²) in [6.07, 6.45) is 0.964. The molecule has 0 atom stereocenters. The summed E-state index contributed by atoms with van der Waals surface area (Å²) in [6.45, 7) is 10.3. The van der Waals surface area contributed by atoms with E-state index in [0.717, 1.165) is 44.7 Å². The molecule has 6 heteroatoms. The van der Waals surface area contributed by atoms with E-state index in [2.05, 4.69) is 15.5 Å². The van der Waals surface area contributed by atoms with Crippen LogP contribution in [0.25, 0.3) is 0 Å². The lowest BCUT2D eigenvalue weighted by Gasteiger charge is -2.27. The number of nitrogens with one attached hydrogen (secondary N) is 2. The van der Waals surface area contributed by atoms with Gasteiger partial charge in [-0.15, -0.1) is 0 Å². The second kappa shape index (κ2) is 10.3. The van der Waals surface area contributed by atoms with Gasteiger partial charge in [0.1, 0.15) is 0 Å². The largest absolute Gasteiger partial charge is 0.352 e. The second-order valence-corrected chi connectivity index (χ2v) is 7.25. The highest BCUT2D eigenvalue weighted by Crippen LogP contribution is 2.09. The molecule has 0 spiro atoms. The van der Waals surface area contributed by atoms with E-state index >= 15 is 0 Å². The van der Waals surface area contributed by atoms with Gasteiger partial charge < -0.3 is 20.4 Å². The van der Waals surface area contributed by atoms with Crippen molar-refractivity contribution in [1.29, 1.82) is 0 Å². The van der Waals surface area contributed by atoms with E-state index < -0.39 is 0 Å². The standard InChI is InChI=1S/C20H32N4O2/c1-16(2)20(26)23(3)15-17-5-7-18(8-6-17)19(25)22-9-4-12-24-13-10-21-11-14-24/h5-8,16,21H,4,9-15H2,1-3H3,(H,22,25). The van der Waals surface area contributed by atoms with Gasteiger partial charge in [0.05, 0.1) is 0 Å². The summed E-state index contributed by atoms with van der Waals surface area (Å²) in [5.41, 5.74) is 1.69. The van der Waals surface area contributed by atoms with Crippen LogP contribution in [0.15, 0.2) is 24.3 Å². The minimum absolute atomic E-state index is 0.00810. The van der Waals surface area contributed by atoms with Crippen molar-refractivity contribution in [2.45, 2.75) is 26.8 Å². The van der Waals surface area contributed by atoms with E-state index in [4.69, 9.17) is 0 Å². The van der Waals surface area contributed by atoms with Crippen LogP contribution in [0.4, 0.5) is 0 Å². The highest BCUT2D eigenvalue weighted by atomic mass is 16.2. The summed E-state index contributed by atoms with van der Waals surface area (Å²) < 4.78 is 0. The molecule has 1 aliphatic heterocycles. The fraction of sp³-hybridized carbons (Fsp3) is 0.600. The van der Waals surface area contributed by atoms with Crippen molar-refractivity contribution in [3.63, 3.8) is 0 Å². The first-order valence-electron chi connectivity index (χ1n) is 9.52. The molecule has 2 N–H and O–H groups in total. The zero-order chi connectivity index (χ0) is 18.9. The number of hydrogen-bond donors (Lipinski definition) is 2. The van der Waals surface area contributed by atoms with E-state index in [1.807, 2.05) is 38.1 Å². The summed E-state index contributed by atoms with van der Waals surface area (Å²) in [6, 6.07) is 7.49. The first kappa shape index (κ1) is 20.4. The van der Waals surface area contributed by atoms with Gasteiger partial charge in [-0.2, -0.15) is 0 Å². The number of nitrogens with zero attached hydrogens (tertiary/aromatic N) is 2. The molecule has 0 aliphatic carbocycles. The van der Waals surface area contributed by atoms with Crippen molar-refractivity contribution in [3.8, 4) is 0 Å². The van der Waals surface area contributed by atoms with E-state index in [1.165, 1.54) is 0 Å². The molecule has 0 saturated carbocycles. The lowest BCUT2D eigenvalue weighted by Crippen LogP contribution is -2.44. The molecule has 1 saturated heterocycles. The quantitative estimate of drug-likeness (QED) is 0.687. The molecule has 26 heavy (non-hydrogen) atoms. The van der Waals surface area contributed by atoms with E-state index in [0.29, 0.717) is 18.7 Å². The number of carbonyl (C=O) groups is 2. The average Bonchev–Trinajstić information content (AvgIpc) is 2.65. The number of hydrogen-bond acceptors (Lipinski definition) is 4. The van der Waals surface area contributed by atoms with Gasteiger partial charge in [-0.25, -0.2) is 0 Å². The average molecular weight is 361 g/mol. The zero-order valence-corrected chi connectivity index (χ0v) is 16.3. The molecule has 6 nitrogen and oxygen atoms in total. The number of benzene rings is 1. The Hall–Kier alpha value is -1.92. The van der Waals surface area contributed by atoms with Gasteiger partial charge in [-0.05, 0) is 30.7 Å². The third kappa shape index (κ3) is 6.42. The maximum atomic E-state index is 12.2. The van der Waals surface area contributed by atoms with Crippen LogP contribution in [0.1, 0.15) is 36.2 Å². The fourth-order valence-electron chi connectivity index (χ4n) is 3.10. The molecular weight excluding hydrogens is 328 g/mol. The highest BCUT2D eigenvalue weighted by molar-refractivity contribution is 5.94. The molecule has 1 heterocycles. The Morgan fingerprint density at radius 1 is 1.19 bits per heavy atom. The Labute approximate surface area is 156 Å². The van der Waals surface area contributed by atoms with Crippen molar-refractivity contribution in [3.05, 3.63) is 35.4 Å². The number of rotatable bonds is 8. The maximum Gasteiger partial charge on any atom is 0.251 e. The Morgan fingerprint density at radius 3 is 2.46 bits per heavy atom. The summed E-state index contributed by atoms with van der Waals surface area (Å²) in [4.78, 5) is 28.3. The molecular formula is C20H32N4O2. The summed E-state index contributed by atoms with van der Waals surface area (Å²) in [5, 5.41) is 6.33. The Bertz CT molecular complexity index is 580. The SMILES string of the molecule is CC(C)C(=O)N(C)Cc1ccc(C(=O)NCCCN2CCNCC2)cc1. The molecule has 1 aromatic carbocycles. The van der Waals surface area contributed by atoms with Crippen LogP contribution >= 0.6 is 0 Å². The Balaban J connectivity index is 1.72. The normalized spacial score (nSPS) is 15.1. The topological polar surface area (TPSA) is 64.7 Å². The van der Waals surface area contributed by atoms with Crippen LogP contribution in [0.2, 0.25) is 0 Å². The summed E-state index contributed by atoms with van der Waals surface area (Å²) in [5.74, 6) is 0.0750. The lowest BCUT2D eigenvalue weighted by molar-refractivity contribution is -0.133. The highest BCUT2D eigenvalue weighted by Gasteiger charge is 2.13. The van der Waals surface area contributed by atoms with Gasteiger partial charge in [0, 0.05) is 57.8 Å². The molecule has 1 aromatic rings. The minimum atomic E-state index is -0.0385. The van der Waals surface area contributed by atoms with Crippen molar-refractivity contribution >= 4 is 11.8 Å². The molecule has 0 radical (unpaired) electrons. The van der Waals surface area contributed by atoms with Crippen LogP contribution in [-0.2, 0) is 11.3 Å². The first-order valence-corrected chi connectivity index (χ1v) is 9.52. The molecule has 2 amide bonds. The lowest BCUT2D eigenvalue weighted by atomic mass is 10.1. The third-order valence-electron chi connectivity index (χ3n) is 4.65. The maximum absolute atomic E-state index is 12.2. The van der Waals surface area contributed by atoms with E-state index in [9.17, 15) is 9.59 Å². The van der Waals surface area contributed by atoms with E-state index in [-0.39, 0.29) is 17.7 Å². The van der Waals surface area contributed by atoms with Crippen LogP contribution in [0, 0.1) is 5.92 Å². The number of amides is 2. The van der Waals surface area contributed by atoms with Gasteiger partial charge in [0.25, 0.3) is 5.91 Å². The zero-order valence-electron chi connectivity index (χ0n) is 16.3. The van der Waals surface area contributed by atoms with Crippen molar-refractivity contribution in [1.82, 2.24) is 20.4 Å². The van der Waals surface area contributed by atoms with Crippen LogP contribution < -0.4 is 10.6 Å². The molecule has 144 valence electrons. The molecule has 2 rings (SSSR count). The molecule has 0 bridgehead atoms. The van der Waals surface area contributed by atoms with Crippen molar-refractivity contribution in [2.75, 3.05) is 46.3 Å². The van der Waals surface area contributed by atoms with Gasteiger partial charge in [0.2, 0.25) is 5.91 Å². The van der Waals surface area contributed by atoms with Crippen molar-refractivity contribution in [2.24, 2.45) is 5.92 Å². The number of piperazine rings is 1. The second-order valence-electron chi connectivity index (χ2n) is 7.25. The van der Waals surface area contributed by atoms with Crippen molar-refractivity contribution < 1.29 is 9.59 Å². The first-order chi connectivity index (χ1) is 12.5. The van der Waals surface area contributed by atoms with E-state index in [1.54, 1.807) is 11.9 Å². The predicted molar refractivity (Wildman–Crippen MR) is 104 cm³/mol. The van der Waals surface area contributed by atoms with Gasteiger partial charge in [-0.3, -0.25) is 9.59 Å². The Kier molecular flexibility index (Phi) is 8.06. The number of carbonyl (C=O) groups excluding carboxylic acids is 2. The molecule has 0 unspecified atom stereocenters. The molecule has 1 aliphatic rings. The summed E-state index contributed by atoms with van der Waals surface area (Å²) >= 11 is 0. The smallest absolute Gasteiger partial charge is 0.251 e. The van der Waals surface area contributed by atoms with Gasteiger partial charge >= 0.3 is 0 Å². The molecule has 1 fully saturated rings. The monoisotopic (exact) mass is 360 g/mol. The van der Waals surface area contributed by atoms with Gasteiger partial charge in [-0.1, -0.05) is 26.0 Å². The van der Waals surface area contributed by atoms with Crippen LogP contribution in [0.3, 0.4) is 0 Å². The molecule has 0 aromatic heterocycles. The van der Waals surface area contributed by atoms with Crippen LogP contribution in [0.5, 0.6) is 0 Å².